The standard InChI is InChI=1S/C14H24N2/c1-3-5-7-9-11-14(12-15,13-16)10-8-6-4-2/h3-11H2,1-2H3. The third-order valence-electron chi connectivity index (χ3n) is 3.09. The molecule has 0 saturated carbocycles. The summed E-state index contributed by atoms with van der Waals surface area (Å²) in [6.45, 7) is 4.31. The molecule has 0 amide bonds. The molecule has 2 nitrogen and oxygen atoms in total. The Balaban J connectivity index is 4.03. The van der Waals surface area contributed by atoms with Crippen molar-refractivity contribution in [2.45, 2.75) is 71.6 Å². The number of unbranched alkanes of at least 4 members (excludes halogenated alkanes) is 5. The number of hydrogen-bond acceptors (Lipinski definition) is 2. The molecule has 0 aromatic carbocycles. The third kappa shape index (κ3) is 5.76. The van der Waals surface area contributed by atoms with Gasteiger partial charge in [0.25, 0.3) is 0 Å². The lowest BCUT2D eigenvalue weighted by atomic mass is 9.81. The van der Waals surface area contributed by atoms with E-state index in [4.69, 9.17) is 10.5 Å². The van der Waals surface area contributed by atoms with E-state index in [0.29, 0.717) is 0 Å². The second-order valence-electron chi connectivity index (χ2n) is 4.57. The molecule has 0 aromatic heterocycles. The van der Waals surface area contributed by atoms with Crippen molar-refractivity contribution in [3.05, 3.63) is 0 Å². The average Bonchev–Trinajstić information content (AvgIpc) is 2.33. The molecular weight excluding hydrogens is 196 g/mol. The van der Waals surface area contributed by atoms with E-state index in [1.807, 2.05) is 0 Å². The monoisotopic (exact) mass is 220 g/mol. The smallest absolute Gasteiger partial charge is 0.143 e. The van der Waals surface area contributed by atoms with E-state index in [9.17, 15) is 0 Å². The fourth-order valence-corrected chi connectivity index (χ4v) is 1.90. The van der Waals surface area contributed by atoms with Gasteiger partial charge in [0, 0.05) is 0 Å². The van der Waals surface area contributed by atoms with E-state index < -0.39 is 5.41 Å². The van der Waals surface area contributed by atoms with Crippen LogP contribution in [0.5, 0.6) is 0 Å². The van der Waals surface area contributed by atoms with Gasteiger partial charge >= 0.3 is 0 Å². The van der Waals surface area contributed by atoms with Crippen molar-refractivity contribution in [3.8, 4) is 12.1 Å². The largest absolute Gasteiger partial charge is 0.197 e. The van der Waals surface area contributed by atoms with Crippen LogP contribution in [0, 0.1) is 28.1 Å². The Morgan fingerprint density at radius 1 is 0.750 bits per heavy atom. The fourth-order valence-electron chi connectivity index (χ4n) is 1.90. The highest BCUT2D eigenvalue weighted by Crippen LogP contribution is 2.30. The van der Waals surface area contributed by atoms with Crippen molar-refractivity contribution >= 4 is 0 Å². The molecule has 0 aliphatic heterocycles. The van der Waals surface area contributed by atoms with Crippen LogP contribution >= 0.6 is 0 Å². The Hall–Kier alpha value is -1.02. The van der Waals surface area contributed by atoms with E-state index in [1.54, 1.807) is 0 Å². The number of hydrogen-bond donors (Lipinski definition) is 0. The topological polar surface area (TPSA) is 47.6 Å². The summed E-state index contributed by atoms with van der Waals surface area (Å²) in [5, 5.41) is 18.3. The summed E-state index contributed by atoms with van der Waals surface area (Å²) >= 11 is 0. The highest BCUT2D eigenvalue weighted by atomic mass is 14.4. The summed E-state index contributed by atoms with van der Waals surface area (Å²) in [5.41, 5.74) is -0.705. The van der Waals surface area contributed by atoms with Gasteiger partial charge in [-0.1, -0.05) is 58.8 Å². The van der Waals surface area contributed by atoms with Crippen LogP contribution in [0.25, 0.3) is 0 Å². The Morgan fingerprint density at radius 3 is 1.62 bits per heavy atom. The summed E-state index contributed by atoms with van der Waals surface area (Å²) in [6.07, 6.45) is 9.35. The predicted octanol–water partition coefficient (Wildman–Crippen LogP) is 4.57. The van der Waals surface area contributed by atoms with Crippen LogP contribution in [0.3, 0.4) is 0 Å². The SMILES string of the molecule is CCCCCCC(C#N)(C#N)CCCCC. The lowest BCUT2D eigenvalue weighted by Gasteiger charge is -2.17. The van der Waals surface area contributed by atoms with E-state index in [2.05, 4.69) is 26.0 Å². The van der Waals surface area contributed by atoms with Crippen molar-refractivity contribution in [2.24, 2.45) is 5.41 Å². The van der Waals surface area contributed by atoms with Crippen molar-refractivity contribution in [1.29, 1.82) is 10.5 Å². The highest BCUT2D eigenvalue weighted by molar-refractivity contribution is 5.13. The van der Waals surface area contributed by atoms with Gasteiger partial charge in [-0.3, -0.25) is 0 Å². The lowest BCUT2D eigenvalue weighted by Crippen LogP contribution is -2.16. The zero-order valence-electron chi connectivity index (χ0n) is 10.8. The van der Waals surface area contributed by atoms with Gasteiger partial charge in [-0.25, -0.2) is 0 Å². The molecule has 0 atom stereocenters. The fraction of sp³-hybridized carbons (Fsp3) is 0.857. The maximum absolute atomic E-state index is 9.16. The minimum absolute atomic E-state index is 0.705. The lowest BCUT2D eigenvalue weighted by molar-refractivity contribution is 0.396. The number of rotatable bonds is 9. The summed E-state index contributed by atoms with van der Waals surface area (Å²) in [6, 6.07) is 4.48. The zero-order chi connectivity index (χ0) is 12.3. The molecule has 0 aromatic rings. The molecule has 0 spiro atoms. The maximum Gasteiger partial charge on any atom is 0.143 e. The van der Waals surface area contributed by atoms with Crippen LogP contribution in [-0.2, 0) is 0 Å². The first kappa shape index (κ1) is 15.0. The van der Waals surface area contributed by atoms with Gasteiger partial charge in [-0.15, -0.1) is 0 Å². The van der Waals surface area contributed by atoms with Crippen molar-refractivity contribution in [1.82, 2.24) is 0 Å². The second kappa shape index (κ2) is 9.22. The maximum atomic E-state index is 9.16. The van der Waals surface area contributed by atoms with Gasteiger partial charge < -0.3 is 0 Å². The van der Waals surface area contributed by atoms with E-state index in [1.165, 1.54) is 12.8 Å². The van der Waals surface area contributed by atoms with E-state index >= 15 is 0 Å². The van der Waals surface area contributed by atoms with Crippen molar-refractivity contribution < 1.29 is 0 Å². The molecule has 0 aliphatic carbocycles. The summed E-state index contributed by atoms with van der Waals surface area (Å²) < 4.78 is 0. The quantitative estimate of drug-likeness (QED) is 0.534. The van der Waals surface area contributed by atoms with Crippen LogP contribution < -0.4 is 0 Å². The summed E-state index contributed by atoms with van der Waals surface area (Å²) in [7, 11) is 0. The second-order valence-corrected chi connectivity index (χ2v) is 4.57. The van der Waals surface area contributed by atoms with E-state index in [0.717, 1.165) is 44.9 Å². The Kier molecular flexibility index (Phi) is 8.64. The molecule has 2 heteroatoms. The molecule has 0 rings (SSSR count). The van der Waals surface area contributed by atoms with Gasteiger partial charge in [0.15, 0.2) is 0 Å². The van der Waals surface area contributed by atoms with Gasteiger partial charge in [0.05, 0.1) is 12.1 Å². The van der Waals surface area contributed by atoms with E-state index in [-0.39, 0.29) is 0 Å². The number of nitriles is 2. The molecule has 0 saturated heterocycles. The number of nitrogens with zero attached hydrogens (tertiary/aromatic N) is 2. The third-order valence-corrected chi connectivity index (χ3v) is 3.09. The molecule has 0 heterocycles. The van der Waals surface area contributed by atoms with Crippen molar-refractivity contribution in [3.63, 3.8) is 0 Å². The van der Waals surface area contributed by atoms with Gasteiger partial charge in [0.2, 0.25) is 0 Å². The highest BCUT2D eigenvalue weighted by Gasteiger charge is 2.28. The van der Waals surface area contributed by atoms with Crippen LogP contribution in [0.1, 0.15) is 71.6 Å². The first-order valence-corrected chi connectivity index (χ1v) is 6.57. The molecule has 0 radical (unpaired) electrons. The Labute approximate surface area is 100 Å². The molecular formula is C14H24N2. The molecule has 0 fully saturated rings. The molecule has 0 aliphatic rings. The molecule has 0 N–H and O–H groups in total. The summed E-state index contributed by atoms with van der Waals surface area (Å²) in [4.78, 5) is 0. The van der Waals surface area contributed by atoms with Gasteiger partial charge in [0.1, 0.15) is 5.41 Å². The Bertz CT molecular complexity index is 230. The van der Waals surface area contributed by atoms with Gasteiger partial charge in [-0.05, 0) is 12.8 Å². The molecule has 0 bridgehead atoms. The summed E-state index contributed by atoms with van der Waals surface area (Å²) in [5.74, 6) is 0. The van der Waals surface area contributed by atoms with Crippen LogP contribution in [0.15, 0.2) is 0 Å². The first-order chi connectivity index (χ1) is 7.74. The molecule has 90 valence electrons. The predicted molar refractivity (Wildman–Crippen MR) is 66.6 cm³/mol. The zero-order valence-corrected chi connectivity index (χ0v) is 10.8. The minimum Gasteiger partial charge on any atom is -0.197 e. The van der Waals surface area contributed by atoms with Crippen LogP contribution in [-0.4, -0.2) is 0 Å². The first-order valence-electron chi connectivity index (χ1n) is 6.57. The van der Waals surface area contributed by atoms with Gasteiger partial charge in [-0.2, -0.15) is 10.5 Å². The molecule has 16 heavy (non-hydrogen) atoms. The van der Waals surface area contributed by atoms with Crippen LogP contribution in [0.4, 0.5) is 0 Å². The van der Waals surface area contributed by atoms with Crippen molar-refractivity contribution in [2.75, 3.05) is 0 Å². The minimum atomic E-state index is -0.705. The Morgan fingerprint density at radius 2 is 1.19 bits per heavy atom. The average molecular weight is 220 g/mol. The molecule has 0 unspecified atom stereocenters. The normalized spacial score (nSPS) is 10.8. The van der Waals surface area contributed by atoms with Crippen LogP contribution in [0.2, 0.25) is 0 Å².